The van der Waals surface area contributed by atoms with Crippen LogP contribution in [-0.2, 0) is 11.2 Å². The Morgan fingerprint density at radius 2 is 2.12 bits per heavy atom. The van der Waals surface area contributed by atoms with Gasteiger partial charge in [0.05, 0.1) is 0 Å². The second-order valence-electron chi connectivity index (χ2n) is 3.95. The van der Waals surface area contributed by atoms with E-state index in [0.717, 1.165) is 18.5 Å². The Hall–Kier alpha value is -1.02. The van der Waals surface area contributed by atoms with E-state index in [1.165, 1.54) is 5.56 Å². The molecule has 1 N–H and O–H groups in total. The van der Waals surface area contributed by atoms with Gasteiger partial charge in [0.1, 0.15) is 0 Å². The van der Waals surface area contributed by atoms with Crippen LogP contribution >= 0.6 is 11.6 Å². The number of nitrogens with one attached hydrogen (secondary N) is 1. The number of aryl methyl sites for hydroxylation is 1. The molecule has 0 fully saturated rings. The molecule has 1 amide bonds. The minimum absolute atomic E-state index is 0.0152. The number of carbonyl (C=O) groups excluding carboxylic acids is 1. The molecular formula is C13H18ClNO. The van der Waals surface area contributed by atoms with Gasteiger partial charge in [0.2, 0.25) is 5.91 Å². The molecule has 0 spiro atoms. The standard InChI is InChI=1S/C13H18ClNO/c1-3-6-11-7-4-5-8-12(11)15-13(16)10(2)9-14/h4-5,7-8,10H,3,6,9H2,1-2H3,(H,15,16). The van der Waals surface area contributed by atoms with Gasteiger partial charge in [-0.25, -0.2) is 0 Å². The zero-order valence-electron chi connectivity index (χ0n) is 9.79. The zero-order chi connectivity index (χ0) is 12.0. The van der Waals surface area contributed by atoms with Crippen LogP contribution in [0.3, 0.4) is 0 Å². The first-order chi connectivity index (χ1) is 7.69. The Balaban J connectivity index is 2.76. The second kappa shape index (κ2) is 6.54. The summed E-state index contributed by atoms with van der Waals surface area (Å²) >= 11 is 5.65. The van der Waals surface area contributed by atoms with Crippen molar-refractivity contribution in [3.05, 3.63) is 29.8 Å². The average Bonchev–Trinajstić information content (AvgIpc) is 2.31. The van der Waals surface area contributed by atoms with Gasteiger partial charge in [-0.05, 0) is 18.1 Å². The van der Waals surface area contributed by atoms with Crippen molar-refractivity contribution in [3.8, 4) is 0 Å². The number of rotatable bonds is 5. The van der Waals surface area contributed by atoms with Crippen LogP contribution in [-0.4, -0.2) is 11.8 Å². The van der Waals surface area contributed by atoms with Gasteiger partial charge < -0.3 is 5.32 Å². The molecular weight excluding hydrogens is 222 g/mol. The van der Waals surface area contributed by atoms with Crippen LogP contribution in [0.5, 0.6) is 0 Å². The number of halogens is 1. The average molecular weight is 240 g/mol. The van der Waals surface area contributed by atoms with Crippen molar-refractivity contribution in [2.24, 2.45) is 5.92 Å². The molecule has 1 rings (SSSR count). The Bertz CT molecular complexity index is 352. The van der Waals surface area contributed by atoms with Crippen LogP contribution in [0.25, 0.3) is 0 Å². The summed E-state index contributed by atoms with van der Waals surface area (Å²) in [5, 5.41) is 2.92. The number of hydrogen-bond donors (Lipinski definition) is 1. The van der Waals surface area contributed by atoms with Crippen LogP contribution in [0, 0.1) is 5.92 Å². The molecule has 0 heterocycles. The Morgan fingerprint density at radius 3 is 2.75 bits per heavy atom. The molecule has 1 unspecified atom stereocenters. The lowest BCUT2D eigenvalue weighted by molar-refractivity contribution is -0.118. The van der Waals surface area contributed by atoms with E-state index >= 15 is 0 Å². The highest BCUT2D eigenvalue weighted by molar-refractivity contribution is 6.19. The molecule has 2 nitrogen and oxygen atoms in total. The van der Waals surface area contributed by atoms with Crippen LogP contribution in [0.4, 0.5) is 5.69 Å². The Labute approximate surface area is 102 Å². The fourth-order valence-electron chi connectivity index (χ4n) is 1.46. The largest absolute Gasteiger partial charge is 0.326 e. The lowest BCUT2D eigenvalue weighted by Gasteiger charge is -2.12. The molecule has 0 saturated heterocycles. The fraction of sp³-hybridized carbons (Fsp3) is 0.462. The lowest BCUT2D eigenvalue weighted by atomic mass is 10.1. The van der Waals surface area contributed by atoms with Gasteiger partial charge in [0.25, 0.3) is 0 Å². The van der Waals surface area contributed by atoms with Crippen molar-refractivity contribution >= 4 is 23.2 Å². The molecule has 0 aliphatic heterocycles. The van der Waals surface area contributed by atoms with Crippen molar-refractivity contribution in [2.75, 3.05) is 11.2 Å². The van der Waals surface area contributed by atoms with Gasteiger partial charge in [-0.3, -0.25) is 4.79 Å². The van der Waals surface area contributed by atoms with Gasteiger partial charge in [0.15, 0.2) is 0 Å². The molecule has 0 saturated carbocycles. The van der Waals surface area contributed by atoms with Crippen LogP contribution in [0.1, 0.15) is 25.8 Å². The van der Waals surface area contributed by atoms with Crippen LogP contribution in [0.15, 0.2) is 24.3 Å². The molecule has 3 heteroatoms. The minimum Gasteiger partial charge on any atom is -0.326 e. The van der Waals surface area contributed by atoms with E-state index in [1.807, 2.05) is 31.2 Å². The first-order valence-electron chi connectivity index (χ1n) is 5.63. The maximum Gasteiger partial charge on any atom is 0.228 e. The molecule has 0 aromatic heterocycles. The first kappa shape index (κ1) is 13.0. The van der Waals surface area contributed by atoms with Crippen molar-refractivity contribution < 1.29 is 4.79 Å². The third-order valence-corrected chi connectivity index (χ3v) is 2.94. The predicted molar refractivity (Wildman–Crippen MR) is 69.0 cm³/mol. The summed E-state index contributed by atoms with van der Waals surface area (Å²) < 4.78 is 0. The quantitative estimate of drug-likeness (QED) is 0.784. The summed E-state index contributed by atoms with van der Waals surface area (Å²) in [6.07, 6.45) is 2.05. The van der Waals surface area contributed by atoms with Gasteiger partial charge in [-0.1, -0.05) is 38.5 Å². The lowest BCUT2D eigenvalue weighted by Crippen LogP contribution is -2.22. The highest BCUT2D eigenvalue weighted by Gasteiger charge is 2.12. The van der Waals surface area contributed by atoms with E-state index in [1.54, 1.807) is 0 Å². The molecule has 1 aromatic carbocycles. The maximum absolute atomic E-state index is 11.7. The summed E-state index contributed by atoms with van der Waals surface area (Å²) in [5.74, 6) is 0.178. The summed E-state index contributed by atoms with van der Waals surface area (Å²) in [6, 6.07) is 7.90. The minimum atomic E-state index is -0.156. The van der Waals surface area contributed by atoms with Gasteiger partial charge in [0, 0.05) is 17.5 Å². The SMILES string of the molecule is CCCc1ccccc1NC(=O)C(C)CCl. The van der Waals surface area contributed by atoms with E-state index in [0.29, 0.717) is 5.88 Å². The third kappa shape index (κ3) is 3.53. The Morgan fingerprint density at radius 1 is 1.44 bits per heavy atom. The number of carbonyl (C=O) groups is 1. The summed E-state index contributed by atoms with van der Waals surface area (Å²) in [4.78, 5) is 11.7. The number of benzene rings is 1. The number of hydrogen-bond acceptors (Lipinski definition) is 1. The van der Waals surface area contributed by atoms with E-state index in [4.69, 9.17) is 11.6 Å². The zero-order valence-corrected chi connectivity index (χ0v) is 10.6. The highest BCUT2D eigenvalue weighted by Crippen LogP contribution is 2.17. The molecule has 0 radical (unpaired) electrons. The molecule has 0 bridgehead atoms. The smallest absolute Gasteiger partial charge is 0.228 e. The summed E-state index contributed by atoms with van der Waals surface area (Å²) in [5.41, 5.74) is 2.09. The van der Waals surface area contributed by atoms with Crippen molar-refractivity contribution in [1.29, 1.82) is 0 Å². The predicted octanol–water partition coefficient (Wildman–Crippen LogP) is 3.45. The number of alkyl halides is 1. The number of anilines is 1. The van der Waals surface area contributed by atoms with E-state index in [9.17, 15) is 4.79 Å². The number of para-hydroxylation sites is 1. The molecule has 1 aromatic rings. The first-order valence-corrected chi connectivity index (χ1v) is 6.17. The van der Waals surface area contributed by atoms with Crippen molar-refractivity contribution in [3.63, 3.8) is 0 Å². The summed E-state index contributed by atoms with van der Waals surface area (Å²) in [7, 11) is 0. The Kier molecular flexibility index (Phi) is 5.33. The van der Waals surface area contributed by atoms with Gasteiger partial charge in [-0.2, -0.15) is 0 Å². The van der Waals surface area contributed by atoms with Crippen molar-refractivity contribution in [2.45, 2.75) is 26.7 Å². The van der Waals surface area contributed by atoms with Crippen molar-refractivity contribution in [1.82, 2.24) is 0 Å². The monoisotopic (exact) mass is 239 g/mol. The molecule has 1 atom stereocenters. The van der Waals surface area contributed by atoms with Crippen LogP contribution in [0.2, 0.25) is 0 Å². The third-order valence-electron chi connectivity index (χ3n) is 2.47. The highest BCUT2D eigenvalue weighted by atomic mass is 35.5. The molecule has 0 aliphatic carbocycles. The topological polar surface area (TPSA) is 29.1 Å². The molecule has 0 aliphatic rings. The van der Waals surface area contributed by atoms with E-state index in [-0.39, 0.29) is 11.8 Å². The van der Waals surface area contributed by atoms with Crippen LogP contribution < -0.4 is 5.32 Å². The van der Waals surface area contributed by atoms with E-state index in [2.05, 4.69) is 12.2 Å². The number of amides is 1. The second-order valence-corrected chi connectivity index (χ2v) is 4.26. The normalized spacial score (nSPS) is 12.2. The van der Waals surface area contributed by atoms with Gasteiger partial charge in [-0.15, -0.1) is 11.6 Å². The maximum atomic E-state index is 11.7. The van der Waals surface area contributed by atoms with Gasteiger partial charge >= 0.3 is 0 Å². The fourth-order valence-corrected chi connectivity index (χ4v) is 1.60. The molecule has 88 valence electrons. The van der Waals surface area contributed by atoms with E-state index < -0.39 is 0 Å². The molecule has 16 heavy (non-hydrogen) atoms. The summed E-state index contributed by atoms with van der Waals surface area (Å²) in [6.45, 7) is 3.95.